The summed E-state index contributed by atoms with van der Waals surface area (Å²) >= 11 is 0. The molecule has 2 heterocycles. The Kier molecular flexibility index (Phi) is 3.74. The summed E-state index contributed by atoms with van der Waals surface area (Å²) in [5.74, 6) is 1.64. The summed E-state index contributed by atoms with van der Waals surface area (Å²) in [4.78, 5) is 4.66. The van der Waals surface area contributed by atoms with Gasteiger partial charge in [-0.05, 0) is 57.8 Å². The molecule has 0 aliphatic carbocycles. The number of nitrogens with zero attached hydrogens (tertiary/aromatic N) is 2. The highest BCUT2D eigenvalue weighted by Crippen LogP contribution is 2.24. The molecule has 20 heavy (non-hydrogen) atoms. The molecule has 1 saturated heterocycles. The van der Waals surface area contributed by atoms with Gasteiger partial charge in [-0.2, -0.15) is 0 Å². The van der Waals surface area contributed by atoms with Gasteiger partial charge >= 0.3 is 0 Å². The van der Waals surface area contributed by atoms with Crippen LogP contribution in [0.2, 0.25) is 0 Å². The molecular weight excluding hydrogens is 253 g/mol. The maximum atomic E-state index is 13.4. The number of fused-ring (bicyclic) bond motifs is 1. The van der Waals surface area contributed by atoms with Gasteiger partial charge in [0.05, 0.1) is 11.0 Å². The maximum Gasteiger partial charge on any atom is 0.125 e. The number of aromatic nitrogens is 2. The minimum Gasteiger partial charge on any atom is -0.325 e. The van der Waals surface area contributed by atoms with Crippen molar-refractivity contribution in [2.45, 2.75) is 39.2 Å². The SMILES string of the molecule is CC(C)n1c(CCC2CCNC2)nc2cc(F)ccc21. The Labute approximate surface area is 119 Å². The van der Waals surface area contributed by atoms with E-state index in [0.717, 1.165) is 48.7 Å². The van der Waals surface area contributed by atoms with Crippen molar-refractivity contribution in [2.75, 3.05) is 13.1 Å². The molecule has 0 radical (unpaired) electrons. The summed E-state index contributed by atoms with van der Waals surface area (Å²) in [5.41, 5.74) is 1.82. The first-order valence-electron chi connectivity index (χ1n) is 7.52. The van der Waals surface area contributed by atoms with Crippen LogP contribution in [0.1, 0.15) is 38.6 Å². The highest BCUT2D eigenvalue weighted by molar-refractivity contribution is 5.76. The summed E-state index contributed by atoms with van der Waals surface area (Å²) in [6.07, 6.45) is 3.39. The average Bonchev–Trinajstić information content (AvgIpc) is 3.02. The van der Waals surface area contributed by atoms with E-state index < -0.39 is 0 Å². The van der Waals surface area contributed by atoms with Crippen LogP contribution in [0.5, 0.6) is 0 Å². The average molecular weight is 275 g/mol. The van der Waals surface area contributed by atoms with Crippen LogP contribution in [0, 0.1) is 11.7 Å². The molecule has 1 unspecified atom stereocenters. The molecule has 1 aliphatic heterocycles. The van der Waals surface area contributed by atoms with Gasteiger partial charge in [0.2, 0.25) is 0 Å². The van der Waals surface area contributed by atoms with Gasteiger partial charge in [0.1, 0.15) is 11.6 Å². The normalized spacial score (nSPS) is 19.3. The fraction of sp³-hybridized carbons (Fsp3) is 0.562. The first-order valence-corrected chi connectivity index (χ1v) is 7.52. The third-order valence-corrected chi connectivity index (χ3v) is 4.18. The quantitative estimate of drug-likeness (QED) is 0.928. The molecule has 1 aromatic carbocycles. The van der Waals surface area contributed by atoms with E-state index in [4.69, 9.17) is 0 Å². The van der Waals surface area contributed by atoms with Gasteiger partial charge in [0, 0.05) is 18.5 Å². The Morgan fingerprint density at radius 3 is 3.00 bits per heavy atom. The van der Waals surface area contributed by atoms with Gasteiger partial charge in [0.15, 0.2) is 0 Å². The lowest BCUT2D eigenvalue weighted by atomic mass is 10.0. The first kappa shape index (κ1) is 13.6. The Hall–Kier alpha value is -1.42. The van der Waals surface area contributed by atoms with Crippen LogP contribution in [0.15, 0.2) is 18.2 Å². The van der Waals surface area contributed by atoms with Crippen molar-refractivity contribution in [1.29, 1.82) is 0 Å². The molecule has 0 amide bonds. The number of rotatable bonds is 4. The van der Waals surface area contributed by atoms with Gasteiger partial charge in [-0.15, -0.1) is 0 Å². The second kappa shape index (κ2) is 5.52. The Bertz CT molecular complexity index is 597. The zero-order valence-corrected chi connectivity index (χ0v) is 12.2. The summed E-state index contributed by atoms with van der Waals surface area (Å²) in [6.45, 7) is 6.57. The summed E-state index contributed by atoms with van der Waals surface area (Å²) in [7, 11) is 0. The Morgan fingerprint density at radius 2 is 2.30 bits per heavy atom. The minimum absolute atomic E-state index is 0.211. The van der Waals surface area contributed by atoms with Gasteiger partial charge in [-0.3, -0.25) is 0 Å². The van der Waals surface area contributed by atoms with E-state index in [9.17, 15) is 4.39 Å². The van der Waals surface area contributed by atoms with Crippen molar-refractivity contribution in [3.05, 3.63) is 29.8 Å². The smallest absolute Gasteiger partial charge is 0.125 e. The lowest BCUT2D eigenvalue weighted by Crippen LogP contribution is -2.12. The van der Waals surface area contributed by atoms with E-state index in [1.54, 1.807) is 0 Å². The Balaban J connectivity index is 1.89. The van der Waals surface area contributed by atoms with E-state index in [-0.39, 0.29) is 5.82 Å². The van der Waals surface area contributed by atoms with E-state index in [1.165, 1.54) is 18.6 Å². The molecule has 4 heteroatoms. The molecule has 0 bridgehead atoms. The molecule has 1 fully saturated rings. The number of hydrogen-bond acceptors (Lipinski definition) is 2. The molecule has 0 spiro atoms. The third kappa shape index (κ3) is 2.57. The van der Waals surface area contributed by atoms with Gasteiger partial charge < -0.3 is 9.88 Å². The second-order valence-corrected chi connectivity index (χ2v) is 6.02. The zero-order valence-electron chi connectivity index (χ0n) is 12.2. The zero-order chi connectivity index (χ0) is 14.1. The Morgan fingerprint density at radius 1 is 1.45 bits per heavy atom. The predicted octanol–water partition coefficient (Wildman–Crippen LogP) is 3.30. The van der Waals surface area contributed by atoms with Crippen LogP contribution in [-0.4, -0.2) is 22.6 Å². The largest absolute Gasteiger partial charge is 0.325 e. The van der Waals surface area contributed by atoms with E-state index in [0.29, 0.717) is 6.04 Å². The molecule has 0 saturated carbocycles. The number of benzene rings is 1. The molecule has 2 aromatic rings. The molecule has 3 rings (SSSR count). The third-order valence-electron chi connectivity index (χ3n) is 4.18. The van der Waals surface area contributed by atoms with Crippen LogP contribution in [0.25, 0.3) is 11.0 Å². The van der Waals surface area contributed by atoms with Crippen molar-refractivity contribution >= 4 is 11.0 Å². The minimum atomic E-state index is -0.211. The summed E-state index contributed by atoms with van der Waals surface area (Å²) in [5, 5.41) is 3.40. The molecule has 1 atom stereocenters. The van der Waals surface area contributed by atoms with Crippen LogP contribution in [0.4, 0.5) is 4.39 Å². The molecule has 1 aliphatic rings. The van der Waals surface area contributed by atoms with Crippen molar-refractivity contribution in [1.82, 2.24) is 14.9 Å². The fourth-order valence-corrected chi connectivity index (χ4v) is 3.17. The van der Waals surface area contributed by atoms with E-state index in [2.05, 4.69) is 28.7 Å². The highest BCUT2D eigenvalue weighted by atomic mass is 19.1. The van der Waals surface area contributed by atoms with Gasteiger partial charge in [0.25, 0.3) is 0 Å². The van der Waals surface area contributed by atoms with Crippen LogP contribution >= 0.6 is 0 Å². The van der Waals surface area contributed by atoms with Gasteiger partial charge in [-0.1, -0.05) is 0 Å². The number of halogens is 1. The second-order valence-electron chi connectivity index (χ2n) is 6.02. The number of hydrogen-bond donors (Lipinski definition) is 1. The van der Waals surface area contributed by atoms with Crippen molar-refractivity contribution in [3.8, 4) is 0 Å². The molecule has 1 aromatic heterocycles. The van der Waals surface area contributed by atoms with Crippen molar-refractivity contribution < 1.29 is 4.39 Å². The highest BCUT2D eigenvalue weighted by Gasteiger charge is 2.18. The lowest BCUT2D eigenvalue weighted by molar-refractivity contribution is 0.502. The molecule has 3 nitrogen and oxygen atoms in total. The summed E-state index contributed by atoms with van der Waals surface area (Å²) in [6, 6.07) is 5.25. The van der Waals surface area contributed by atoms with E-state index in [1.807, 2.05) is 6.07 Å². The molecular formula is C16H22FN3. The van der Waals surface area contributed by atoms with Crippen LogP contribution < -0.4 is 5.32 Å². The first-order chi connectivity index (χ1) is 9.65. The van der Waals surface area contributed by atoms with Crippen LogP contribution in [-0.2, 0) is 6.42 Å². The molecule has 1 N–H and O–H groups in total. The lowest BCUT2D eigenvalue weighted by Gasteiger charge is -2.14. The maximum absolute atomic E-state index is 13.4. The van der Waals surface area contributed by atoms with Crippen molar-refractivity contribution in [2.24, 2.45) is 5.92 Å². The van der Waals surface area contributed by atoms with Crippen LogP contribution in [0.3, 0.4) is 0 Å². The number of aryl methyl sites for hydroxylation is 1. The molecule has 108 valence electrons. The number of imidazole rings is 1. The van der Waals surface area contributed by atoms with Crippen molar-refractivity contribution in [3.63, 3.8) is 0 Å². The predicted molar refractivity (Wildman–Crippen MR) is 79.4 cm³/mol. The summed E-state index contributed by atoms with van der Waals surface area (Å²) < 4.78 is 15.6. The number of nitrogens with one attached hydrogen (secondary N) is 1. The fourth-order valence-electron chi connectivity index (χ4n) is 3.17. The van der Waals surface area contributed by atoms with Gasteiger partial charge in [-0.25, -0.2) is 9.37 Å². The van der Waals surface area contributed by atoms with E-state index >= 15 is 0 Å². The topological polar surface area (TPSA) is 29.9 Å². The monoisotopic (exact) mass is 275 g/mol. The standard InChI is InChI=1S/C16H22FN3/c1-11(2)20-15-5-4-13(17)9-14(15)19-16(20)6-3-12-7-8-18-10-12/h4-5,9,11-12,18H,3,6-8,10H2,1-2H3.